The van der Waals surface area contributed by atoms with Crippen molar-refractivity contribution < 1.29 is 4.79 Å². The number of benzene rings is 1. The Bertz CT molecular complexity index is 280. The lowest BCUT2D eigenvalue weighted by Gasteiger charge is -1.97. The molecule has 1 aromatic carbocycles. The van der Waals surface area contributed by atoms with Crippen LogP contribution in [0.25, 0.3) is 0 Å². The van der Waals surface area contributed by atoms with Crippen LogP contribution in [0.4, 0.5) is 5.69 Å². The van der Waals surface area contributed by atoms with Crippen LogP contribution in [0.1, 0.15) is 12.8 Å². The molecule has 0 unspecified atom stereocenters. The Morgan fingerprint density at radius 2 is 1.93 bits per heavy atom. The van der Waals surface area contributed by atoms with Crippen LogP contribution in [-0.4, -0.2) is 13.3 Å². The lowest BCUT2D eigenvalue weighted by molar-refractivity contribution is -0.108. The average Bonchev–Trinajstić information content (AvgIpc) is 3.03. The van der Waals surface area contributed by atoms with Gasteiger partial charge in [-0.1, -0.05) is 0 Å². The van der Waals surface area contributed by atoms with Crippen molar-refractivity contribution in [3.05, 3.63) is 24.3 Å². The first kappa shape index (κ1) is 11.1. The van der Waals surface area contributed by atoms with Gasteiger partial charge in [0.1, 0.15) is 6.29 Å². The van der Waals surface area contributed by atoms with Gasteiger partial charge >= 0.3 is 0 Å². The van der Waals surface area contributed by atoms with Crippen molar-refractivity contribution in [3.8, 4) is 0 Å². The van der Waals surface area contributed by atoms with Gasteiger partial charge in [0.05, 0.1) is 0 Å². The van der Waals surface area contributed by atoms with E-state index in [2.05, 4.69) is 17.9 Å². The number of carbonyl (C=O) groups excluding carboxylic acids is 1. The number of aldehydes is 1. The molecule has 0 atom stereocenters. The quantitative estimate of drug-likeness (QED) is 0.579. The van der Waals surface area contributed by atoms with Crippen LogP contribution in [0.2, 0.25) is 0 Å². The molecule has 1 aromatic rings. The van der Waals surface area contributed by atoms with Gasteiger partial charge in [0.15, 0.2) is 0 Å². The fourth-order valence-corrected chi connectivity index (χ4v) is 1.01. The lowest BCUT2D eigenvalue weighted by Crippen LogP contribution is -1.85. The van der Waals surface area contributed by atoms with Crippen molar-refractivity contribution >= 4 is 24.6 Å². The summed E-state index contributed by atoms with van der Waals surface area (Å²) in [6.45, 7) is 0. The summed E-state index contributed by atoms with van der Waals surface area (Å²) in [4.78, 5) is 10.6. The fraction of sp³-hybridized carbons (Fsp3) is 0.364. The standard InChI is InChI=1S/C7H9NS.C4H6O/c1-8-6-2-4-7(9)5-3-6;5-3-4-1-2-4/h2-5,8-9H,1H3;3-4H,1-2H2. The van der Waals surface area contributed by atoms with Gasteiger partial charge in [-0.3, -0.25) is 0 Å². The largest absolute Gasteiger partial charge is 0.388 e. The van der Waals surface area contributed by atoms with Gasteiger partial charge in [-0.15, -0.1) is 12.6 Å². The first-order valence-corrected chi connectivity index (χ1v) is 5.13. The van der Waals surface area contributed by atoms with Crippen LogP contribution in [0.3, 0.4) is 0 Å². The van der Waals surface area contributed by atoms with Crippen LogP contribution in [0.5, 0.6) is 0 Å². The smallest absolute Gasteiger partial charge is 0.123 e. The van der Waals surface area contributed by atoms with Gasteiger partial charge in [0, 0.05) is 23.5 Å². The molecular weight excluding hydrogens is 194 g/mol. The van der Waals surface area contributed by atoms with E-state index < -0.39 is 0 Å². The Labute approximate surface area is 90.1 Å². The molecule has 3 heteroatoms. The van der Waals surface area contributed by atoms with Crippen molar-refractivity contribution in [1.29, 1.82) is 0 Å². The predicted molar refractivity (Wildman–Crippen MR) is 62.0 cm³/mol. The zero-order valence-electron chi connectivity index (χ0n) is 8.23. The summed E-state index contributed by atoms with van der Waals surface area (Å²) < 4.78 is 0. The zero-order chi connectivity index (χ0) is 10.4. The highest BCUT2D eigenvalue weighted by molar-refractivity contribution is 7.80. The molecule has 0 radical (unpaired) electrons. The molecular formula is C11H15NOS. The van der Waals surface area contributed by atoms with E-state index in [-0.39, 0.29) is 0 Å². The molecule has 1 N–H and O–H groups in total. The summed E-state index contributed by atoms with van der Waals surface area (Å²) in [5.74, 6) is 0.454. The van der Waals surface area contributed by atoms with Crippen molar-refractivity contribution in [1.82, 2.24) is 0 Å². The van der Waals surface area contributed by atoms with Crippen molar-refractivity contribution in [2.45, 2.75) is 17.7 Å². The molecule has 2 rings (SSSR count). The summed E-state index contributed by atoms with van der Waals surface area (Å²) in [6, 6.07) is 7.88. The molecule has 0 heterocycles. The molecule has 0 aliphatic heterocycles. The maximum Gasteiger partial charge on any atom is 0.123 e. The Hall–Kier alpha value is -0.960. The maximum absolute atomic E-state index is 9.57. The number of nitrogens with one attached hydrogen (secondary N) is 1. The normalized spacial score (nSPS) is 13.9. The number of rotatable bonds is 2. The topological polar surface area (TPSA) is 29.1 Å². The highest BCUT2D eigenvalue weighted by Crippen LogP contribution is 2.25. The van der Waals surface area contributed by atoms with E-state index in [1.54, 1.807) is 0 Å². The monoisotopic (exact) mass is 209 g/mol. The summed E-state index contributed by atoms with van der Waals surface area (Å²) in [5.41, 5.74) is 1.12. The molecule has 2 nitrogen and oxygen atoms in total. The molecule has 14 heavy (non-hydrogen) atoms. The van der Waals surface area contributed by atoms with Crippen LogP contribution in [0.15, 0.2) is 29.2 Å². The average molecular weight is 209 g/mol. The van der Waals surface area contributed by atoms with Crippen LogP contribution >= 0.6 is 12.6 Å². The van der Waals surface area contributed by atoms with Gasteiger partial charge in [0.2, 0.25) is 0 Å². The number of anilines is 1. The summed E-state index contributed by atoms with van der Waals surface area (Å²) in [6.07, 6.45) is 3.31. The molecule has 0 bridgehead atoms. The molecule has 1 saturated carbocycles. The van der Waals surface area contributed by atoms with E-state index in [1.165, 1.54) is 0 Å². The Morgan fingerprint density at radius 3 is 2.21 bits per heavy atom. The van der Waals surface area contributed by atoms with E-state index in [0.29, 0.717) is 5.92 Å². The minimum absolute atomic E-state index is 0.454. The highest BCUT2D eigenvalue weighted by Gasteiger charge is 2.18. The van der Waals surface area contributed by atoms with Gasteiger partial charge in [-0.25, -0.2) is 0 Å². The maximum atomic E-state index is 9.57. The molecule has 0 aromatic heterocycles. The Kier molecular flexibility index (Phi) is 4.53. The second kappa shape index (κ2) is 5.70. The van der Waals surface area contributed by atoms with E-state index >= 15 is 0 Å². The molecule has 0 saturated heterocycles. The zero-order valence-corrected chi connectivity index (χ0v) is 9.13. The van der Waals surface area contributed by atoms with Crippen molar-refractivity contribution in [3.63, 3.8) is 0 Å². The molecule has 1 fully saturated rings. The van der Waals surface area contributed by atoms with E-state index in [0.717, 1.165) is 29.7 Å². The van der Waals surface area contributed by atoms with Crippen LogP contribution < -0.4 is 5.32 Å². The summed E-state index contributed by atoms with van der Waals surface area (Å²) >= 11 is 4.14. The second-order valence-electron chi connectivity index (χ2n) is 3.27. The molecule has 1 aliphatic carbocycles. The first-order valence-electron chi connectivity index (χ1n) is 4.68. The van der Waals surface area contributed by atoms with E-state index in [1.807, 2.05) is 31.3 Å². The van der Waals surface area contributed by atoms with Crippen LogP contribution in [0, 0.1) is 5.92 Å². The predicted octanol–water partition coefficient (Wildman–Crippen LogP) is 2.61. The number of carbonyl (C=O) groups is 1. The fourth-order valence-electron chi connectivity index (χ4n) is 0.860. The third-order valence-electron chi connectivity index (χ3n) is 1.97. The SMILES string of the molecule is CNc1ccc(S)cc1.O=CC1CC1. The first-order chi connectivity index (χ1) is 6.76. The summed E-state index contributed by atoms with van der Waals surface area (Å²) in [5, 5.41) is 3.02. The minimum atomic E-state index is 0.454. The number of hydrogen-bond donors (Lipinski definition) is 2. The third kappa shape index (κ3) is 4.33. The summed E-state index contributed by atoms with van der Waals surface area (Å²) in [7, 11) is 1.90. The minimum Gasteiger partial charge on any atom is -0.388 e. The van der Waals surface area contributed by atoms with E-state index in [9.17, 15) is 4.79 Å². The van der Waals surface area contributed by atoms with Crippen molar-refractivity contribution in [2.24, 2.45) is 5.92 Å². The van der Waals surface area contributed by atoms with Gasteiger partial charge in [0.25, 0.3) is 0 Å². The number of thiol groups is 1. The molecule has 1 aliphatic rings. The van der Waals surface area contributed by atoms with Crippen LogP contribution in [-0.2, 0) is 4.79 Å². The van der Waals surface area contributed by atoms with E-state index in [4.69, 9.17) is 0 Å². The molecule has 0 spiro atoms. The lowest BCUT2D eigenvalue weighted by atomic mass is 10.3. The van der Waals surface area contributed by atoms with Gasteiger partial charge in [-0.05, 0) is 37.1 Å². The second-order valence-corrected chi connectivity index (χ2v) is 3.79. The molecule has 76 valence electrons. The molecule has 0 amide bonds. The Morgan fingerprint density at radius 1 is 1.36 bits per heavy atom. The van der Waals surface area contributed by atoms with Crippen molar-refractivity contribution in [2.75, 3.05) is 12.4 Å². The van der Waals surface area contributed by atoms with Gasteiger partial charge in [-0.2, -0.15) is 0 Å². The Balaban J connectivity index is 0.000000165. The van der Waals surface area contributed by atoms with Gasteiger partial charge < -0.3 is 10.1 Å². The highest BCUT2D eigenvalue weighted by atomic mass is 32.1. The third-order valence-corrected chi connectivity index (χ3v) is 2.27. The number of hydrogen-bond acceptors (Lipinski definition) is 3.